The Labute approximate surface area is 234 Å². The number of aryl methyl sites for hydroxylation is 1. The summed E-state index contributed by atoms with van der Waals surface area (Å²) >= 11 is 12.4. The van der Waals surface area contributed by atoms with Crippen LogP contribution < -0.4 is 9.62 Å². The maximum Gasteiger partial charge on any atom is 0.264 e. The standard InChI is InChI=1S/C28H31Cl2N3O4S/c1-19(2)31-28(35)21(4)32(17-22-11-13-23(29)14-12-22)27(34)18-33(26-8-6-5-7-25(26)30)38(36,37)24-15-9-20(3)10-16-24/h5-16,19,21H,17-18H2,1-4H3,(H,31,35)/t21-/m0/s1. The number of carbonyl (C=O) groups is 2. The molecule has 0 heterocycles. The van der Waals surface area contributed by atoms with Crippen LogP contribution in [0, 0.1) is 6.92 Å². The van der Waals surface area contributed by atoms with Gasteiger partial charge in [-0.25, -0.2) is 8.42 Å². The quantitative estimate of drug-likeness (QED) is 0.348. The van der Waals surface area contributed by atoms with E-state index < -0.39 is 28.5 Å². The second-order valence-corrected chi connectivity index (χ2v) is 12.0. The molecule has 0 bridgehead atoms. The monoisotopic (exact) mass is 575 g/mol. The Morgan fingerprint density at radius 2 is 1.50 bits per heavy atom. The number of amides is 2. The Balaban J connectivity index is 2.04. The van der Waals surface area contributed by atoms with E-state index in [9.17, 15) is 18.0 Å². The number of benzene rings is 3. The van der Waals surface area contributed by atoms with E-state index in [1.54, 1.807) is 67.6 Å². The molecular formula is C28H31Cl2N3O4S. The second-order valence-electron chi connectivity index (χ2n) is 9.26. The lowest BCUT2D eigenvalue weighted by Crippen LogP contribution is -2.52. The highest BCUT2D eigenvalue weighted by atomic mass is 35.5. The van der Waals surface area contributed by atoms with Crippen molar-refractivity contribution in [1.29, 1.82) is 0 Å². The number of para-hydroxylation sites is 1. The van der Waals surface area contributed by atoms with Crippen LogP contribution in [-0.4, -0.2) is 43.8 Å². The van der Waals surface area contributed by atoms with E-state index in [1.165, 1.54) is 17.0 Å². The third-order valence-electron chi connectivity index (χ3n) is 5.87. The Kier molecular flexibility index (Phi) is 9.82. The Morgan fingerprint density at radius 3 is 2.08 bits per heavy atom. The number of nitrogens with one attached hydrogen (secondary N) is 1. The smallest absolute Gasteiger partial charge is 0.264 e. The molecule has 0 fully saturated rings. The van der Waals surface area contributed by atoms with Crippen LogP contribution in [0.5, 0.6) is 0 Å². The van der Waals surface area contributed by atoms with E-state index >= 15 is 0 Å². The van der Waals surface area contributed by atoms with Gasteiger partial charge in [0.05, 0.1) is 15.6 Å². The maximum atomic E-state index is 13.8. The van der Waals surface area contributed by atoms with Crippen molar-refractivity contribution in [2.45, 2.75) is 51.2 Å². The van der Waals surface area contributed by atoms with E-state index in [2.05, 4.69) is 5.32 Å². The van der Waals surface area contributed by atoms with Gasteiger partial charge in [-0.15, -0.1) is 0 Å². The van der Waals surface area contributed by atoms with Crippen molar-refractivity contribution in [3.8, 4) is 0 Å². The molecule has 1 atom stereocenters. The van der Waals surface area contributed by atoms with Crippen LogP contribution in [0.1, 0.15) is 31.9 Å². The van der Waals surface area contributed by atoms with E-state index in [0.717, 1.165) is 15.4 Å². The molecule has 202 valence electrons. The summed E-state index contributed by atoms with van der Waals surface area (Å²) < 4.78 is 28.6. The molecule has 0 aliphatic rings. The van der Waals surface area contributed by atoms with Gasteiger partial charge in [0.15, 0.2) is 0 Å². The maximum absolute atomic E-state index is 13.8. The van der Waals surface area contributed by atoms with Crippen molar-refractivity contribution >= 4 is 50.7 Å². The minimum Gasteiger partial charge on any atom is -0.352 e. The molecule has 3 aromatic rings. The van der Waals surface area contributed by atoms with Gasteiger partial charge < -0.3 is 10.2 Å². The summed E-state index contributed by atoms with van der Waals surface area (Å²) in [5.74, 6) is -0.921. The van der Waals surface area contributed by atoms with Crippen LogP contribution in [0.4, 0.5) is 5.69 Å². The second kappa shape index (κ2) is 12.7. The molecule has 3 aromatic carbocycles. The summed E-state index contributed by atoms with van der Waals surface area (Å²) in [6, 6.07) is 18.6. The number of hydrogen-bond acceptors (Lipinski definition) is 4. The van der Waals surface area contributed by atoms with Gasteiger partial charge in [-0.05, 0) is 69.7 Å². The fraction of sp³-hybridized carbons (Fsp3) is 0.286. The molecule has 38 heavy (non-hydrogen) atoms. The van der Waals surface area contributed by atoms with E-state index in [0.29, 0.717) is 5.02 Å². The summed E-state index contributed by atoms with van der Waals surface area (Å²) in [6.07, 6.45) is 0. The fourth-order valence-electron chi connectivity index (χ4n) is 3.78. The highest BCUT2D eigenvalue weighted by Gasteiger charge is 2.33. The van der Waals surface area contributed by atoms with Crippen LogP contribution in [0.2, 0.25) is 10.0 Å². The third kappa shape index (κ3) is 7.28. The Bertz CT molecular complexity index is 1380. The minimum atomic E-state index is -4.18. The first-order chi connectivity index (χ1) is 17.9. The summed E-state index contributed by atoms with van der Waals surface area (Å²) in [5, 5.41) is 3.53. The van der Waals surface area contributed by atoms with Crippen molar-refractivity contribution in [2.24, 2.45) is 0 Å². The van der Waals surface area contributed by atoms with Crippen molar-refractivity contribution in [3.63, 3.8) is 0 Å². The Hall–Kier alpha value is -3.07. The van der Waals surface area contributed by atoms with Crippen LogP contribution in [0.25, 0.3) is 0 Å². The molecule has 2 amide bonds. The van der Waals surface area contributed by atoms with Gasteiger partial charge in [0.1, 0.15) is 12.6 Å². The third-order valence-corrected chi connectivity index (χ3v) is 8.22. The highest BCUT2D eigenvalue weighted by Crippen LogP contribution is 2.31. The number of sulfonamides is 1. The van der Waals surface area contributed by atoms with Gasteiger partial charge in [-0.1, -0.05) is 65.2 Å². The Morgan fingerprint density at radius 1 is 0.895 bits per heavy atom. The topological polar surface area (TPSA) is 86.8 Å². The average molecular weight is 577 g/mol. The first-order valence-electron chi connectivity index (χ1n) is 12.1. The van der Waals surface area contributed by atoms with Gasteiger partial charge in [0, 0.05) is 17.6 Å². The zero-order valence-electron chi connectivity index (χ0n) is 21.7. The lowest BCUT2D eigenvalue weighted by molar-refractivity contribution is -0.139. The number of halogens is 2. The van der Waals surface area contributed by atoms with Crippen LogP contribution in [0.3, 0.4) is 0 Å². The molecule has 0 aromatic heterocycles. The average Bonchev–Trinajstić information content (AvgIpc) is 2.86. The molecule has 0 aliphatic heterocycles. The molecule has 0 unspecified atom stereocenters. The summed E-state index contributed by atoms with van der Waals surface area (Å²) in [4.78, 5) is 28.1. The minimum absolute atomic E-state index is 0.0191. The number of nitrogens with zero attached hydrogens (tertiary/aromatic N) is 2. The molecule has 0 spiro atoms. The lowest BCUT2D eigenvalue weighted by atomic mass is 10.1. The number of anilines is 1. The molecule has 1 N–H and O–H groups in total. The molecule has 10 heteroatoms. The zero-order chi connectivity index (χ0) is 28.0. The van der Waals surface area contributed by atoms with E-state index in [4.69, 9.17) is 23.2 Å². The zero-order valence-corrected chi connectivity index (χ0v) is 24.0. The van der Waals surface area contributed by atoms with Crippen molar-refractivity contribution < 1.29 is 18.0 Å². The number of rotatable bonds is 10. The number of carbonyl (C=O) groups excluding carboxylic acids is 2. The van der Waals surface area contributed by atoms with Gasteiger partial charge in [0.2, 0.25) is 11.8 Å². The molecule has 0 aliphatic carbocycles. The number of hydrogen-bond donors (Lipinski definition) is 1. The van der Waals surface area contributed by atoms with Crippen molar-refractivity contribution in [2.75, 3.05) is 10.8 Å². The summed E-state index contributed by atoms with van der Waals surface area (Å²) in [6.45, 7) is 6.62. The molecule has 0 saturated carbocycles. The highest BCUT2D eigenvalue weighted by molar-refractivity contribution is 7.92. The molecule has 7 nitrogen and oxygen atoms in total. The first-order valence-corrected chi connectivity index (χ1v) is 14.3. The molecular weight excluding hydrogens is 545 g/mol. The SMILES string of the molecule is Cc1ccc(S(=O)(=O)N(CC(=O)N(Cc2ccc(Cl)cc2)[C@@H](C)C(=O)NC(C)C)c2ccccc2Cl)cc1. The predicted octanol–water partition coefficient (Wildman–Crippen LogP) is 5.44. The summed E-state index contributed by atoms with van der Waals surface area (Å²) in [5.41, 5.74) is 1.79. The summed E-state index contributed by atoms with van der Waals surface area (Å²) in [7, 11) is -4.18. The molecule has 3 rings (SSSR count). The van der Waals surface area contributed by atoms with E-state index in [-0.39, 0.29) is 34.1 Å². The molecule has 0 radical (unpaired) electrons. The van der Waals surface area contributed by atoms with Crippen molar-refractivity contribution in [3.05, 3.63) is 94.0 Å². The van der Waals surface area contributed by atoms with Crippen LogP contribution >= 0.6 is 23.2 Å². The predicted molar refractivity (Wildman–Crippen MR) is 152 cm³/mol. The molecule has 0 saturated heterocycles. The van der Waals surface area contributed by atoms with Gasteiger partial charge in [-0.2, -0.15) is 0 Å². The normalized spacial score (nSPS) is 12.2. The largest absolute Gasteiger partial charge is 0.352 e. The van der Waals surface area contributed by atoms with Gasteiger partial charge in [-0.3, -0.25) is 13.9 Å². The van der Waals surface area contributed by atoms with Gasteiger partial charge >= 0.3 is 0 Å². The van der Waals surface area contributed by atoms with Crippen LogP contribution in [0.15, 0.2) is 77.7 Å². The van der Waals surface area contributed by atoms with Crippen LogP contribution in [-0.2, 0) is 26.2 Å². The lowest BCUT2D eigenvalue weighted by Gasteiger charge is -2.32. The van der Waals surface area contributed by atoms with E-state index in [1.807, 2.05) is 20.8 Å². The first kappa shape index (κ1) is 29.5. The van der Waals surface area contributed by atoms with Crippen molar-refractivity contribution in [1.82, 2.24) is 10.2 Å². The van der Waals surface area contributed by atoms with Gasteiger partial charge in [0.25, 0.3) is 10.0 Å². The fourth-order valence-corrected chi connectivity index (χ4v) is 5.63.